The lowest BCUT2D eigenvalue weighted by Crippen LogP contribution is -2.51. The Labute approximate surface area is 186 Å². The molecule has 4 heterocycles. The maximum absolute atomic E-state index is 12.8. The van der Waals surface area contributed by atoms with Gasteiger partial charge in [-0.05, 0) is 35.5 Å². The van der Waals surface area contributed by atoms with Crippen LogP contribution in [-0.4, -0.2) is 66.9 Å². The number of hydrogen-bond acceptors (Lipinski definition) is 7. The maximum atomic E-state index is 12.8. The summed E-state index contributed by atoms with van der Waals surface area (Å²) in [4.78, 5) is 27.3. The molecule has 1 aliphatic heterocycles. The summed E-state index contributed by atoms with van der Waals surface area (Å²) in [6, 6.07) is 10.5. The first-order valence-corrected chi connectivity index (χ1v) is 10.1. The van der Waals surface area contributed by atoms with E-state index >= 15 is 0 Å². The third-order valence-corrected chi connectivity index (χ3v) is 5.52. The van der Waals surface area contributed by atoms with Crippen LogP contribution < -0.4 is 5.32 Å². The maximum Gasteiger partial charge on any atom is 0.409 e. The second-order valence-corrected chi connectivity index (χ2v) is 7.61. The van der Waals surface area contributed by atoms with Gasteiger partial charge in [0.25, 0.3) is 5.91 Å². The van der Waals surface area contributed by atoms with Gasteiger partial charge in [-0.2, -0.15) is 9.90 Å². The van der Waals surface area contributed by atoms with Crippen molar-refractivity contribution in [1.82, 2.24) is 34.7 Å². The number of nitrogens with one attached hydrogen (secondary N) is 1. The molecule has 0 atom stereocenters. The fourth-order valence-corrected chi connectivity index (χ4v) is 3.60. The van der Waals surface area contributed by atoms with E-state index in [0.29, 0.717) is 46.3 Å². The highest BCUT2D eigenvalue weighted by Gasteiger charge is 2.34. The molecule has 1 aromatic carbocycles. The van der Waals surface area contributed by atoms with E-state index in [2.05, 4.69) is 30.6 Å². The van der Waals surface area contributed by atoms with Gasteiger partial charge >= 0.3 is 6.09 Å². The summed E-state index contributed by atoms with van der Waals surface area (Å²) in [6.07, 6.45) is 2.89. The number of likely N-dealkylation sites (tertiary alicyclic amines) is 1. The Morgan fingerprint density at radius 3 is 2.88 bits per heavy atom. The molecule has 4 aromatic rings. The number of ether oxygens (including phenoxy) is 1. The molecule has 162 valence electrons. The van der Waals surface area contributed by atoms with Crippen LogP contribution in [0.25, 0.3) is 16.9 Å². The molecule has 2 amide bonds. The minimum Gasteiger partial charge on any atom is -0.453 e. The zero-order valence-corrected chi connectivity index (χ0v) is 17.6. The highest BCUT2D eigenvalue weighted by Crippen LogP contribution is 2.28. The molecule has 11 nitrogen and oxygen atoms in total. The van der Waals surface area contributed by atoms with E-state index in [1.807, 2.05) is 18.2 Å². The number of fused-ring (bicyclic) bond motifs is 1. The van der Waals surface area contributed by atoms with Crippen LogP contribution in [-0.2, 0) is 4.74 Å². The highest BCUT2D eigenvalue weighted by atomic mass is 35.5. The lowest BCUT2D eigenvalue weighted by Gasteiger charge is -2.36. The molecule has 0 unspecified atom stereocenters. The fourth-order valence-electron chi connectivity index (χ4n) is 3.43. The van der Waals surface area contributed by atoms with Gasteiger partial charge in [0.1, 0.15) is 6.04 Å². The summed E-state index contributed by atoms with van der Waals surface area (Å²) >= 11 is 6.31. The van der Waals surface area contributed by atoms with E-state index in [1.54, 1.807) is 33.8 Å². The van der Waals surface area contributed by atoms with Crippen LogP contribution in [0.4, 0.5) is 10.5 Å². The van der Waals surface area contributed by atoms with E-state index < -0.39 is 0 Å². The molecule has 0 bridgehead atoms. The second kappa shape index (κ2) is 7.93. The summed E-state index contributed by atoms with van der Waals surface area (Å²) in [6.45, 7) is 0.897. The Bertz CT molecular complexity index is 1330. The van der Waals surface area contributed by atoms with Crippen molar-refractivity contribution in [3.63, 3.8) is 0 Å². The van der Waals surface area contributed by atoms with E-state index in [-0.39, 0.29) is 18.0 Å². The van der Waals surface area contributed by atoms with Gasteiger partial charge in [-0.25, -0.2) is 9.31 Å². The molecule has 1 fully saturated rings. The molecule has 1 aliphatic rings. The average Bonchev–Trinajstić information content (AvgIpc) is 3.41. The first-order chi connectivity index (χ1) is 15.5. The van der Waals surface area contributed by atoms with Crippen LogP contribution in [0.3, 0.4) is 0 Å². The van der Waals surface area contributed by atoms with Crippen LogP contribution in [0.1, 0.15) is 16.4 Å². The Balaban J connectivity index is 1.34. The number of rotatable bonds is 4. The third kappa shape index (κ3) is 3.52. The minimum absolute atomic E-state index is 0.0718. The number of nitrogens with zero attached hydrogens (tertiary/aromatic N) is 7. The van der Waals surface area contributed by atoms with Gasteiger partial charge in [-0.15, -0.1) is 10.2 Å². The summed E-state index contributed by atoms with van der Waals surface area (Å²) in [5, 5.41) is 20.0. The largest absolute Gasteiger partial charge is 0.453 e. The number of pyridine rings is 1. The van der Waals surface area contributed by atoms with Gasteiger partial charge in [0.2, 0.25) is 5.82 Å². The first-order valence-electron chi connectivity index (χ1n) is 9.69. The number of benzene rings is 1. The highest BCUT2D eigenvalue weighted by molar-refractivity contribution is 6.34. The number of carbonyl (C=O) groups is 2. The molecule has 5 rings (SSSR count). The number of amides is 2. The minimum atomic E-state index is -0.383. The number of methoxy groups -OCH3 is 1. The predicted octanol–water partition coefficient (Wildman–Crippen LogP) is 2.52. The number of hydrogen-bond donors (Lipinski definition) is 1. The third-order valence-electron chi connectivity index (χ3n) is 5.19. The van der Waals surface area contributed by atoms with Crippen molar-refractivity contribution in [2.75, 3.05) is 25.5 Å². The van der Waals surface area contributed by atoms with Gasteiger partial charge in [-0.1, -0.05) is 17.7 Å². The number of tetrazole rings is 1. The van der Waals surface area contributed by atoms with Crippen LogP contribution in [0.2, 0.25) is 5.02 Å². The lowest BCUT2D eigenvalue weighted by molar-refractivity contribution is 0.0621. The topological polar surface area (TPSA) is 120 Å². The van der Waals surface area contributed by atoms with Crippen molar-refractivity contribution >= 4 is 34.8 Å². The summed E-state index contributed by atoms with van der Waals surface area (Å²) in [7, 11) is 1.34. The molecule has 0 saturated carbocycles. The van der Waals surface area contributed by atoms with Crippen LogP contribution in [0.15, 0.2) is 48.8 Å². The monoisotopic (exact) mass is 452 g/mol. The Hall–Kier alpha value is -3.99. The molecular weight excluding hydrogens is 436 g/mol. The first kappa shape index (κ1) is 19.9. The number of anilines is 1. The summed E-state index contributed by atoms with van der Waals surface area (Å²) < 4.78 is 6.31. The van der Waals surface area contributed by atoms with Gasteiger partial charge in [0, 0.05) is 11.8 Å². The Morgan fingerprint density at radius 2 is 2.06 bits per heavy atom. The molecule has 0 aliphatic carbocycles. The summed E-state index contributed by atoms with van der Waals surface area (Å²) in [5.41, 5.74) is 2.17. The van der Waals surface area contributed by atoms with E-state index in [0.717, 1.165) is 0 Å². The van der Waals surface area contributed by atoms with E-state index in [1.165, 1.54) is 18.1 Å². The van der Waals surface area contributed by atoms with Gasteiger partial charge in [0.15, 0.2) is 0 Å². The van der Waals surface area contributed by atoms with E-state index in [9.17, 15) is 9.59 Å². The molecule has 0 radical (unpaired) electrons. The molecule has 1 N–H and O–H groups in total. The predicted molar refractivity (Wildman–Crippen MR) is 114 cm³/mol. The van der Waals surface area contributed by atoms with Crippen molar-refractivity contribution in [2.45, 2.75) is 6.04 Å². The van der Waals surface area contributed by atoms with Gasteiger partial charge in [0.05, 0.1) is 48.2 Å². The average molecular weight is 453 g/mol. The second-order valence-electron chi connectivity index (χ2n) is 7.20. The molecule has 3 aromatic heterocycles. The number of carbonyl (C=O) groups excluding carboxylic acids is 2. The van der Waals surface area contributed by atoms with Crippen LogP contribution in [0.5, 0.6) is 0 Å². The summed E-state index contributed by atoms with van der Waals surface area (Å²) in [5.74, 6) is 0.0453. The number of aromatic nitrogens is 6. The number of halogens is 1. The van der Waals surface area contributed by atoms with Crippen molar-refractivity contribution in [3.8, 4) is 11.4 Å². The quantitative estimate of drug-likeness (QED) is 0.505. The van der Waals surface area contributed by atoms with Crippen molar-refractivity contribution in [1.29, 1.82) is 0 Å². The van der Waals surface area contributed by atoms with Crippen molar-refractivity contribution < 1.29 is 14.3 Å². The molecule has 1 saturated heterocycles. The van der Waals surface area contributed by atoms with Gasteiger partial charge < -0.3 is 15.0 Å². The van der Waals surface area contributed by atoms with Crippen molar-refractivity contribution in [2.24, 2.45) is 0 Å². The lowest BCUT2D eigenvalue weighted by atomic mass is 10.1. The smallest absolute Gasteiger partial charge is 0.409 e. The van der Waals surface area contributed by atoms with Crippen molar-refractivity contribution in [3.05, 3.63) is 59.4 Å². The van der Waals surface area contributed by atoms with E-state index in [4.69, 9.17) is 11.6 Å². The molecule has 12 heteroatoms. The van der Waals surface area contributed by atoms with Crippen LogP contribution in [0, 0.1) is 0 Å². The molecule has 32 heavy (non-hydrogen) atoms. The zero-order chi connectivity index (χ0) is 22.2. The Morgan fingerprint density at radius 1 is 1.22 bits per heavy atom. The normalized spacial score (nSPS) is 13.8. The van der Waals surface area contributed by atoms with Crippen LogP contribution >= 0.6 is 11.6 Å². The molecule has 0 spiro atoms. The zero-order valence-electron chi connectivity index (χ0n) is 16.8. The molecular formula is C20H17ClN8O3. The Kier molecular flexibility index (Phi) is 4.94. The van der Waals surface area contributed by atoms with Gasteiger partial charge in [-0.3, -0.25) is 4.79 Å². The SMILES string of the molecule is COC(=O)N1CC(n2nnc(-c3ccc(Cl)c(NC(=O)c4cnn5ccccc45)c3)n2)C1. The fraction of sp³-hybridized carbons (Fsp3) is 0.200. The standard InChI is InChI=1S/C20H17ClN8O3/c1-32-20(31)27-10-13(11-27)29-25-18(24-26-29)12-5-6-15(21)16(8-12)23-19(30)14-9-22-28-7-3-2-4-17(14)28/h2-9,13H,10-11H2,1H3,(H,23,30).